The summed E-state index contributed by atoms with van der Waals surface area (Å²) >= 11 is 0. The Morgan fingerprint density at radius 2 is 1.84 bits per heavy atom. The Balaban J connectivity index is 1.47. The standard InChI is InChI=1S/C24H26N8/c1-14(2)19-10-25-24-22(15(19)3)26-13-32(24)11-17-6-8-18(9-7-17)21-16(4)31(5)12-20(21)23-27-29-30-28-23/h6-10,12-14H,11H2,1-5H3,(H,27,28,29,30). The number of nitrogens with one attached hydrogen (secondary N) is 1. The fourth-order valence-corrected chi connectivity index (χ4v) is 4.35. The number of nitrogens with zero attached hydrogens (tertiary/aromatic N) is 7. The summed E-state index contributed by atoms with van der Waals surface area (Å²) in [5, 5.41) is 14.4. The summed E-state index contributed by atoms with van der Waals surface area (Å²) in [6, 6.07) is 8.62. The molecule has 8 heteroatoms. The number of imidazole rings is 1. The first kappa shape index (κ1) is 20.1. The number of tetrazole rings is 1. The van der Waals surface area contributed by atoms with E-state index in [9.17, 15) is 0 Å². The van der Waals surface area contributed by atoms with E-state index >= 15 is 0 Å². The fraction of sp³-hybridized carbons (Fsp3) is 0.292. The molecule has 5 rings (SSSR count). The van der Waals surface area contributed by atoms with E-state index in [4.69, 9.17) is 4.98 Å². The SMILES string of the molecule is Cc1c(C(C)C)cnc2c1ncn2Cc1ccc(-c2c(-c3nnn[nH]3)cn(C)c2C)cc1. The van der Waals surface area contributed by atoms with Crippen LogP contribution in [0.25, 0.3) is 33.7 Å². The quantitative estimate of drug-likeness (QED) is 0.450. The van der Waals surface area contributed by atoms with Crippen LogP contribution in [-0.2, 0) is 13.6 Å². The molecule has 0 radical (unpaired) electrons. The van der Waals surface area contributed by atoms with Crippen LogP contribution in [0, 0.1) is 13.8 Å². The Kier molecular flexibility index (Phi) is 4.84. The van der Waals surface area contributed by atoms with Crippen molar-refractivity contribution in [1.29, 1.82) is 0 Å². The summed E-state index contributed by atoms with van der Waals surface area (Å²) in [4.78, 5) is 9.37. The van der Waals surface area contributed by atoms with Crippen molar-refractivity contribution in [2.24, 2.45) is 7.05 Å². The molecule has 0 aliphatic carbocycles. The van der Waals surface area contributed by atoms with E-state index in [0.29, 0.717) is 11.7 Å². The monoisotopic (exact) mass is 426 g/mol. The first-order valence-electron chi connectivity index (χ1n) is 10.7. The Morgan fingerprint density at radius 3 is 2.53 bits per heavy atom. The lowest BCUT2D eigenvalue weighted by Crippen LogP contribution is -2.01. The molecule has 0 fully saturated rings. The molecule has 0 saturated carbocycles. The maximum absolute atomic E-state index is 4.71. The second-order valence-corrected chi connectivity index (χ2v) is 8.60. The molecular weight excluding hydrogens is 400 g/mol. The van der Waals surface area contributed by atoms with Gasteiger partial charge in [0.2, 0.25) is 0 Å². The number of rotatable bonds is 5. The summed E-state index contributed by atoms with van der Waals surface area (Å²) in [5.41, 5.74) is 9.98. The third kappa shape index (κ3) is 3.28. The predicted octanol–water partition coefficient (Wildman–Crippen LogP) is 4.41. The van der Waals surface area contributed by atoms with Crippen molar-refractivity contribution in [3.8, 4) is 22.5 Å². The van der Waals surface area contributed by atoms with Gasteiger partial charge in [0.25, 0.3) is 0 Å². The summed E-state index contributed by atoms with van der Waals surface area (Å²) in [7, 11) is 2.03. The van der Waals surface area contributed by atoms with Crippen LogP contribution in [-0.4, -0.2) is 39.7 Å². The fourth-order valence-electron chi connectivity index (χ4n) is 4.35. The first-order valence-corrected chi connectivity index (χ1v) is 10.7. The van der Waals surface area contributed by atoms with Gasteiger partial charge in [-0.15, -0.1) is 5.10 Å². The molecule has 0 saturated heterocycles. The number of pyridine rings is 1. The zero-order valence-corrected chi connectivity index (χ0v) is 19.0. The van der Waals surface area contributed by atoms with Gasteiger partial charge in [0.05, 0.1) is 12.9 Å². The van der Waals surface area contributed by atoms with Gasteiger partial charge in [-0.2, -0.15) is 0 Å². The third-order valence-electron chi connectivity index (χ3n) is 6.23. The lowest BCUT2D eigenvalue weighted by atomic mass is 10.00. The van der Waals surface area contributed by atoms with Crippen LogP contribution in [0.4, 0.5) is 0 Å². The second-order valence-electron chi connectivity index (χ2n) is 8.60. The zero-order chi connectivity index (χ0) is 22.4. The van der Waals surface area contributed by atoms with Crippen molar-refractivity contribution in [2.75, 3.05) is 0 Å². The predicted molar refractivity (Wildman–Crippen MR) is 124 cm³/mol. The molecule has 32 heavy (non-hydrogen) atoms. The number of aromatic amines is 1. The van der Waals surface area contributed by atoms with E-state index in [1.165, 1.54) is 16.7 Å². The van der Waals surface area contributed by atoms with Crippen molar-refractivity contribution >= 4 is 11.2 Å². The third-order valence-corrected chi connectivity index (χ3v) is 6.23. The van der Waals surface area contributed by atoms with E-state index in [1.54, 1.807) is 0 Å². The molecular formula is C24H26N8. The van der Waals surface area contributed by atoms with Crippen LogP contribution < -0.4 is 0 Å². The molecule has 8 nitrogen and oxygen atoms in total. The largest absolute Gasteiger partial charge is 0.353 e. The maximum atomic E-state index is 4.71. The number of benzene rings is 1. The van der Waals surface area contributed by atoms with Gasteiger partial charge in [-0.05, 0) is 52.4 Å². The maximum Gasteiger partial charge on any atom is 0.181 e. The summed E-state index contributed by atoms with van der Waals surface area (Å²) in [6.07, 6.45) is 5.93. The molecule has 0 unspecified atom stereocenters. The molecule has 0 atom stereocenters. The number of H-pyrrole nitrogens is 1. The Hall–Kier alpha value is -3.81. The van der Waals surface area contributed by atoms with Crippen molar-refractivity contribution in [2.45, 2.75) is 40.2 Å². The molecule has 1 aromatic carbocycles. The van der Waals surface area contributed by atoms with E-state index in [1.807, 2.05) is 19.6 Å². The number of aryl methyl sites for hydroxylation is 2. The van der Waals surface area contributed by atoms with Crippen LogP contribution >= 0.6 is 0 Å². The van der Waals surface area contributed by atoms with E-state index < -0.39 is 0 Å². The van der Waals surface area contributed by atoms with Gasteiger partial charge in [-0.3, -0.25) is 0 Å². The van der Waals surface area contributed by atoms with Crippen LogP contribution in [0.1, 0.15) is 42.1 Å². The van der Waals surface area contributed by atoms with Gasteiger partial charge < -0.3 is 9.13 Å². The Labute approximate surface area is 186 Å². The molecule has 5 aromatic rings. The van der Waals surface area contributed by atoms with Gasteiger partial charge in [0, 0.05) is 36.3 Å². The average molecular weight is 427 g/mol. The smallest absolute Gasteiger partial charge is 0.181 e. The molecule has 4 heterocycles. The van der Waals surface area contributed by atoms with Crippen LogP contribution in [0.5, 0.6) is 0 Å². The number of aromatic nitrogens is 8. The second kappa shape index (κ2) is 7.71. The first-order chi connectivity index (χ1) is 15.4. The lowest BCUT2D eigenvalue weighted by Gasteiger charge is -2.10. The minimum Gasteiger partial charge on any atom is -0.353 e. The Bertz CT molecular complexity index is 1390. The lowest BCUT2D eigenvalue weighted by molar-refractivity contribution is 0.810. The summed E-state index contributed by atoms with van der Waals surface area (Å²) < 4.78 is 4.21. The highest BCUT2D eigenvalue weighted by Gasteiger charge is 2.17. The van der Waals surface area contributed by atoms with Gasteiger partial charge in [-0.1, -0.05) is 38.1 Å². The summed E-state index contributed by atoms with van der Waals surface area (Å²) in [5.74, 6) is 1.10. The van der Waals surface area contributed by atoms with Crippen molar-refractivity contribution in [3.63, 3.8) is 0 Å². The van der Waals surface area contributed by atoms with Crippen molar-refractivity contribution < 1.29 is 0 Å². The molecule has 0 aliphatic rings. The minimum absolute atomic E-state index is 0.434. The van der Waals surface area contributed by atoms with Crippen molar-refractivity contribution in [3.05, 3.63) is 65.4 Å². The molecule has 4 aromatic heterocycles. The highest BCUT2D eigenvalue weighted by Crippen LogP contribution is 2.34. The van der Waals surface area contributed by atoms with Crippen LogP contribution in [0.15, 0.2) is 43.0 Å². The summed E-state index contributed by atoms with van der Waals surface area (Å²) in [6.45, 7) is 9.33. The number of hydrogen-bond acceptors (Lipinski definition) is 5. The van der Waals surface area contributed by atoms with Gasteiger partial charge in [-0.25, -0.2) is 15.1 Å². The van der Waals surface area contributed by atoms with Gasteiger partial charge in [0.1, 0.15) is 5.52 Å². The van der Waals surface area contributed by atoms with Crippen LogP contribution in [0.2, 0.25) is 0 Å². The molecule has 1 N–H and O–H groups in total. The molecule has 0 amide bonds. The van der Waals surface area contributed by atoms with Crippen LogP contribution in [0.3, 0.4) is 0 Å². The molecule has 0 bridgehead atoms. The minimum atomic E-state index is 0.434. The molecule has 0 aliphatic heterocycles. The topological polar surface area (TPSA) is 90.1 Å². The Morgan fingerprint density at radius 1 is 1.06 bits per heavy atom. The molecule has 0 spiro atoms. The molecule has 162 valence electrons. The van der Waals surface area contributed by atoms with E-state index in [2.05, 4.69) is 92.9 Å². The van der Waals surface area contributed by atoms with E-state index in [0.717, 1.165) is 40.1 Å². The van der Waals surface area contributed by atoms with Gasteiger partial charge >= 0.3 is 0 Å². The van der Waals surface area contributed by atoms with Crippen molar-refractivity contribution in [1.82, 2.24) is 39.7 Å². The number of hydrogen-bond donors (Lipinski definition) is 1. The highest BCUT2D eigenvalue weighted by atomic mass is 15.5. The normalized spacial score (nSPS) is 11.7. The number of fused-ring (bicyclic) bond motifs is 1. The zero-order valence-electron chi connectivity index (χ0n) is 19.0. The van der Waals surface area contributed by atoms with Gasteiger partial charge in [0.15, 0.2) is 11.5 Å². The highest BCUT2D eigenvalue weighted by molar-refractivity contribution is 5.83. The average Bonchev–Trinajstić information content (AvgIpc) is 3.50. The van der Waals surface area contributed by atoms with E-state index in [-0.39, 0.29) is 0 Å².